The van der Waals surface area contributed by atoms with E-state index >= 15 is 0 Å². The summed E-state index contributed by atoms with van der Waals surface area (Å²) < 4.78 is 40.6. The van der Waals surface area contributed by atoms with Crippen molar-refractivity contribution in [3.8, 4) is 16.9 Å². The van der Waals surface area contributed by atoms with Crippen LogP contribution in [0.2, 0.25) is 0 Å². The molecule has 2 rings (SSSR count). The number of amides is 1. The summed E-state index contributed by atoms with van der Waals surface area (Å²) in [6.07, 6.45) is -4.78. The van der Waals surface area contributed by atoms with Gasteiger partial charge in [-0.3, -0.25) is 4.79 Å². The lowest BCUT2D eigenvalue weighted by Gasteiger charge is -2.19. The number of halogens is 3. The van der Waals surface area contributed by atoms with E-state index in [4.69, 9.17) is 5.11 Å². The van der Waals surface area contributed by atoms with Gasteiger partial charge < -0.3 is 20.1 Å². The van der Waals surface area contributed by atoms with Crippen molar-refractivity contribution in [2.75, 3.05) is 24.3 Å². The summed E-state index contributed by atoms with van der Waals surface area (Å²) in [6, 6.07) is 9.94. The Kier molecular flexibility index (Phi) is 5.39. The Morgan fingerprint density at radius 2 is 1.69 bits per heavy atom. The number of nitrogens with zero attached hydrogens (tertiary/aromatic N) is 1. The van der Waals surface area contributed by atoms with Crippen molar-refractivity contribution < 1.29 is 32.6 Å². The summed E-state index contributed by atoms with van der Waals surface area (Å²) >= 11 is 0. The molecule has 26 heavy (non-hydrogen) atoms. The molecule has 138 valence electrons. The van der Waals surface area contributed by atoms with E-state index in [0.717, 1.165) is 5.69 Å². The molecule has 0 unspecified atom stereocenters. The van der Waals surface area contributed by atoms with Crippen LogP contribution in [0.3, 0.4) is 0 Å². The molecule has 0 spiro atoms. The highest BCUT2D eigenvalue weighted by Gasteiger charge is 2.31. The third-order valence-corrected chi connectivity index (χ3v) is 3.33. The number of carboxylic acids is 1. The number of aliphatic carboxylic acids is 1. The number of ether oxygens (including phenoxy) is 1. The Morgan fingerprint density at radius 1 is 1.08 bits per heavy atom. The largest absolute Gasteiger partial charge is 0.573 e. The third kappa shape index (κ3) is 4.88. The van der Waals surface area contributed by atoms with E-state index in [9.17, 15) is 22.8 Å². The smallest absolute Gasteiger partial charge is 0.474 e. The highest BCUT2D eigenvalue weighted by molar-refractivity contribution is 6.36. The van der Waals surface area contributed by atoms with Crippen molar-refractivity contribution in [3.05, 3.63) is 42.5 Å². The first-order chi connectivity index (χ1) is 12.1. The van der Waals surface area contributed by atoms with Crippen LogP contribution in [-0.4, -0.2) is 37.4 Å². The van der Waals surface area contributed by atoms with Crippen LogP contribution in [0.5, 0.6) is 5.75 Å². The Bertz CT molecular complexity index is 818. The van der Waals surface area contributed by atoms with Crippen LogP contribution >= 0.6 is 0 Å². The van der Waals surface area contributed by atoms with Gasteiger partial charge in [0.1, 0.15) is 5.75 Å². The molecule has 2 aromatic rings. The van der Waals surface area contributed by atoms with Crippen molar-refractivity contribution in [3.63, 3.8) is 0 Å². The first kappa shape index (κ1) is 19.1. The van der Waals surface area contributed by atoms with Gasteiger partial charge in [0.2, 0.25) is 0 Å². The third-order valence-electron chi connectivity index (χ3n) is 3.33. The van der Waals surface area contributed by atoms with E-state index in [2.05, 4.69) is 10.1 Å². The van der Waals surface area contributed by atoms with E-state index < -0.39 is 18.2 Å². The maximum atomic E-state index is 12.3. The van der Waals surface area contributed by atoms with E-state index in [-0.39, 0.29) is 11.4 Å². The summed E-state index contributed by atoms with van der Waals surface area (Å²) in [7, 11) is 3.55. The summed E-state index contributed by atoms with van der Waals surface area (Å²) in [5.74, 6) is -3.18. The van der Waals surface area contributed by atoms with E-state index in [0.29, 0.717) is 11.1 Å². The minimum atomic E-state index is -4.78. The molecule has 0 saturated heterocycles. The molecule has 1 amide bonds. The van der Waals surface area contributed by atoms with Gasteiger partial charge in [-0.15, -0.1) is 13.2 Å². The van der Waals surface area contributed by atoms with Gasteiger partial charge in [0.15, 0.2) is 0 Å². The second kappa shape index (κ2) is 7.34. The highest BCUT2D eigenvalue weighted by Crippen LogP contribution is 2.34. The van der Waals surface area contributed by atoms with Crippen molar-refractivity contribution in [2.24, 2.45) is 0 Å². The van der Waals surface area contributed by atoms with Crippen molar-refractivity contribution in [1.82, 2.24) is 0 Å². The van der Waals surface area contributed by atoms with E-state index in [1.54, 1.807) is 25.1 Å². The standard InChI is InChI=1S/C17H15F3N2O4/c1-22(2)14-8-5-11(21-15(23)16(24)25)9-13(14)10-3-6-12(7-4-10)26-17(18,19)20/h3-9H,1-2H3,(H,21,23)(H,24,25). The van der Waals surface area contributed by atoms with Crippen LogP contribution in [-0.2, 0) is 9.59 Å². The van der Waals surface area contributed by atoms with Crippen molar-refractivity contribution >= 4 is 23.3 Å². The predicted molar refractivity (Wildman–Crippen MR) is 89.2 cm³/mol. The molecular weight excluding hydrogens is 353 g/mol. The number of hydrogen-bond acceptors (Lipinski definition) is 4. The molecular formula is C17H15F3N2O4. The number of carbonyl (C=O) groups excluding carboxylic acids is 1. The maximum absolute atomic E-state index is 12.3. The minimum Gasteiger partial charge on any atom is -0.474 e. The van der Waals surface area contributed by atoms with Crippen LogP contribution in [0.25, 0.3) is 11.1 Å². The lowest BCUT2D eigenvalue weighted by Crippen LogP contribution is -2.22. The number of hydrogen-bond donors (Lipinski definition) is 2. The highest BCUT2D eigenvalue weighted by atomic mass is 19.4. The van der Waals surface area contributed by atoms with Gasteiger partial charge in [0.05, 0.1) is 0 Å². The number of alkyl halides is 3. The fourth-order valence-corrected chi connectivity index (χ4v) is 2.26. The average molecular weight is 368 g/mol. The minimum absolute atomic E-state index is 0.244. The van der Waals surface area contributed by atoms with E-state index in [1.807, 2.05) is 0 Å². The summed E-state index contributed by atoms with van der Waals surface area (Å²) in [5.41, 5.74) is 2.13. The first-order valence-electron chi connectivity index (χ1n) is 7.28. The van der Waals surface area contributed by atoms with Gasteiger partial charge in [-0.25, -0.2) is 4.79 Å². The van der Waals surface area contributed by atoms with Crippen molar-refractivity contribution in [2.45, 2.75) is 6.36 Å². The Balaban J connectivity index is 2.39. The summed E-state index contributed by atoms with van der Waals surface area (Å²) in [4.78, 5) is 23.7. The van der Waals surface area contributed by atoms with E-state index in [1.165, 1.54) is 36.4 Å². The Labute approximate surface area is 146 Å². The molecule has 2 N–H and O–H groups in total. The molecule has 0 radical (unpaired) electrons. The second-order valence-corrected chi connectivity index (χ2v) is 5.46. The quantitative estimate of drug-likeness (QED) is 0.810. The molecule has 0 atom stereocenters. The van der Waals surface area contributed by atoms with Crippen molar-refractivity contribution in [1.29, 1.82) is 0 Å². The molecule has 0 aliphatic rings. The van der Waals surface area contributed by atoms with Crippen LogP contribution in [0.4, 0.5) is 24.5 Å². The van der Waals surface area contributed by atoms with Gasteiger partial charge in [-0.05, 0) is 35.9 Å². The van der Waals surface area contributed by atoms with Gasteiger partial charge in [-0.1, -0.05) is 12.1 Å². The zero-order valence-electron chi connectivity index (χ0n) is 13.8. The van der Waals surface area contributed by atoms with Gasteiger partial charge in [0.25, 0.3) is 0 Å². The SMILES string of the molecule is CN(C)c1ccc(NC(=O)C(=O)O)cc1-c1ccc(OC(F)(F)F)cc1. The number of carboxylic acid groups (broad SMARTS) is 1. The maximum Gasteiger partial charge on any atom is 0.573 e. The van der Waals surface area contributed by atoms with Crippen LogP contribution in [0, 0.1) is 0 Å². The molecule has 6 nitrogen and oxygen atoms in total. The Morgan fingerprint density at radius 3 is 2.19 bits per heavy atom. The average Bonchev–Trinajstić information content (AvgIpc) is 2.53. The van der Waals surface area contributed by atoms with Crippen LogP contribution in [0.1, 0.15) is 0 Å². The normalized spacial score (nSPS) is 11.0. The lowest BCUT2D eigenvalue weighted by atomic mass is 10.0. The Hall–Kier alpha value is -3.23. The van der Waals surface area contributed by atoms with Crippen LogP contribution in [0.15, 0.2) is 42.5 Å². The fourth-order valence-electron chi connectivity index (χ4n) is 2.26. The molecule has 0 aliphatic carbocycles. The number of carbonyl (C=O) groups is 2. The molecule has 0 bridgehead atoms. The zero-order valence-corrected chi connectivity index (χ0v) is 13.8. The molecule has 0 saturated carbocycles. The molecule has 0 fully saturated rings. The number of rotatable bonds is 4. The number of benzene rings is 2. The monoisotopic (exact) mass is 368 g/mol. The second-order valence-electron chi connectivity index (χ2n) is 5.46. The zero-order chi connectivity index (χ0) is 19.5. The summed E-state index contributed by atoms with van der Waals surface area (Å²) in [5, 5.41) is 10.9. The molecule has 0 heterocycles. The predicted octanol–water partition coefficient (Wildman–Crippen LogP) is 3.34. The lowest BCUT2D eigenvalue weighted by molar-refractivity contribution is -0.274. The van der Waals surface area contributed by atoms with Gasteiger partial charge in [-0.2, -0.15) is 0 Å². The first-order valence-corrected chi connectivity index (χ1v) is 7.28. The fraction of sp³-hybridized carbons (Fsp3) is 0.176. The molecule has 9 heteroatoms. The summed E-state index contributed by atoms with van der Waals surface area (Å²) in [6.45, 7) is 0. The van der Waals surface area contributed by atoms with Gasteiger partial charge in [0, 0.05) is 31.0 Å². The molecule has 0 aliphatic heterocycles. The number of anilines is 2. The van der Waals surface area contributed by atoms with Gasteiger partial charge >= 0.3 is 18.2 Å². The molecule has 2 aromatic carbocycles. The number of nitrogens with one attached hydrogen (secondary N) is 1. The topological polar surface area (TPSA) is 78.9 Å². The van der Waals surface area contributed by atoms with Crippen LogP contribution < -0.4 is 15.0 Å². The molecule has 0 aromatic heterocycles.